The van der Waals surface area contributed by atoms with E-state index in [2.05, 4.69) is 10.3 Å². The van der Waals surface area contributed by atoms with Gasteiger partial charge < -0.3 is 9.72 Å². The number of carbonyl (C=O) groups excluding carboxylic acids is 1. The summed E-state index contributed by atoms with van der Waals surface area (Å²) in [5, 5.41) is 2.95. The molecule has 1 aromatic carbocycles. The highest BCUT2D eigenvalue weighted by Crippen LogP contribution is 2.11. The average molecular weight is 291 g/mol. The van der Waals surface area contributed by atoms with Crippen LogP contribution in [0.25, 0.3) is 11.7 Å². The number of nitrogens with one attached hydrogen (secondary N) is 1. The first-order chi connectivity index (χ1) is 10.7. The van der Waals surface area contributed by atoms with Crippen LogP contribution >= 0.6 is 0 Å². The number of imidazole rings is 1. The van der Waals surface area contributed by atoms with Crippen LogP contribution in [0.4, 0.5) is 0 Å². The van der Waals surface area contributed by atoms with Crippen molar-refractivity contribution in [3.63, 3.8) is 0 Å². The number of fused-ring (bicyclic) bond motifs is 1. The molecule has 1 N–H and O–H groups in total. The Balaban J connectivity index is 1.69. The average Bonchev–Trinajstić information content (AvgIpc) is 2.97. The lowest BCUT2D eigenvalue weighted by molar-refractivity contribution is -0.117. The lowest BCUT2D eigenvalue weighted by Gasteiger charge is -2.12. The minimum Gasteiger partial charge on any atom is -0.346 e. The van der Waals surface area contributed by atoms with Gasteiger partial charge in [-0.3, -0.25) is 4.79 Å². The summed E-state index contributed by atoms with van der Waals surface area (Å²) in [4.78, 5) is 16.3. The summed E-state index contributed by atoms with van der Waals surface area (Å²) in [5.41, 5.74) is 2.82. The molecule has 1 amide bonds. The fourth-order valence-electron chi connectivity index (χ4n) is 2.32. The highest BCUT2D eigenvalue weighted by molar-refractivity contribution is 5.91. The topological polar surface area (TPSA) is 46.4 Å². The van der Waals surface area contributed by atoms with Crippen LogP contribution < -0.4 is 5.32 Å². The Hall–Kier alpha value is -2.88. The van der Waals surface area contributed by atoms with E-state index in [0.29, 0.717) is 0 Å². The van der Waals surface area contributed by atoms with Crippen molar-refractivity contribution in [2.24, 2.45) is 0 Å². The van der Waals surface area contributed by atoms with Gasteiger partial charge in [-0.2, -0.15) is 0 Å². The van der Waals surface area contributed by atoms with Crippen molar-refractivity contribution < 1.29 is 4.79 Å². The first-order valence-electron chi connectivity index (χ1n) is 7.19. The summed E-state index contributed by atoms with van der Waals surface area (Å²) in [6.07, 6.45) is 6.98. The third kappa shape index (κ3) is 3.06. The van der Waals surface area contributed by atoms with Crippen LogP contribution in [0.3, 0.4) is 0 Å². The van der Waals surface area contributed by atoms with Crippen molar-refractivity contribution >= 4 is 17.6 Å². The molecule has 1 unspecified atom stereocenters. The monoisotopic (exact) mass is 291 g/mol. The molecule has 3 aromatic rings. The molecule has 0 aliphatic rings. The van der Waals surface area contributed by atoms with Gasteiger partial charge in [0.2, 0.25) is 5.91 Å². The summed E-state index contributed by atoms with van der Waals surface area (Å²) < 4.78 is 1.93. The molecule has 0 radical (unpaired) electrons. The molecule has 4 heteroatoms. The molecular formula is C18H17N3O. The number of benzene rings is 1. The zero-order valence-corrected chi connectivity index (χ0v) is 12.3. The Morgan fingerprint density at radius 2 is 1.95 bits per heavy atom. The van der Waals surface area contributed by atoms with Gasteiger partial charge in [-0.05, 0) is 30.7 Å². The van der Waals surface area contributed by atoms with Gasteiger partial charge in [0, 0.05) is 12.3 Å². The van der Waals surface area contributed by atoms with Crippen molar-refractivity contribution in [3.8, 4) is 0 Å². The Bertz CT molecular complexity index is 805. The largest absolute Gasteiger partial charge is 0.346 e. The van der Waals surface area contributed by atoms with Crippen molar-refractivity contribution in [2.45, 2.75) is 13.0 Å². The Morgan fingerprint density at radius 1 is 1.18 bits per heavy atom. The fraction of sp³-hybridized carbons (Fsp3) is 0.111. The lowest BCUT2D eigenvalue weighted by Crippen LogP contribution is -2.24. The van der Waals surface area contributed by atoms with Crippen molar-refractivity contribution in [2.75, 3.05) is 0 Å². The van der Waals surface area contributed by atoms with E-state index < -0.39 is 0 Å². The summed E-state index contributed by atoms with van der Waals surface area (Å²) in [6.45, 7) is 1.97. The SMILES string of the molecule is CC(NC(=O)/C=C/c1cnc2ccccn12)c1ccccc1. The summed E-state index contributed by atoms with van der Waals surface area (Å²) in [6, 6.07) is 15.7. The van der Waals surface area contributed by atoms with Gasteiger partial charge in [-0.25, -0.2) is 4.98 Å². The van der Waals surface area contributed by atoms with Crippen molar-refractivity contribution in [1.29, 1.82) is 0 Å². The van der Waals surface area contributed by atoms with E-state index in [1.165, 1.54) is 6.08 Å². The Labute approximate surface area is 129 Å². The molecule has 110 valence electrons. The van der Waals surface area contributed by atoms with E-state index in [0.717, 1.165) is 16.9 Å². The standard InChI is InChI=1S/C18H17N3O/c1-14(15-7-3-2-4-8-15)20-18(22)11-10-16-13-19-17-9-5-6-12-21(16)17/h2-14H,1H3,(H,20,22)/b11-10+. The zero-order valence-electron chi connectivity index (χ0n) is 12.3. The number of nitrogens with zero attached hydrogens (tertiary/aromatic N) is 2. The van der Waals surface area contributed by atoms with E-state index in [1.807, 2.05) is 66.1 Å². The highest BCUT2D eigenvalue weighted by atomic mass is 16.1. The van der Waals surface area contributed by atoms with Crippen LogP contribution in [0.2, 0.25) is 0 Å². The molecule has 0 aliphatic heterocycles. The van der Waals surface area contributed by atoms with Crippen molar-refractivity contribution in [3.05, 3.63) is 78.3 Å². The first-order valence-corrected chi connectivity index (χ1v) is 7.19. The second-order valence-corrected chi connectivity index (χ2v) is 5.09. The van der Waals surface area contributed by atoms with E-state index in [9.17, 15) is 4.79 Å². The third-order valence-electron chi connectivity index (χ3n) is 3.51. The van der Waals surface area contributed by atoms with Gasteiger partial charge in [0.1, 0.15) is 5.65 Å². The number of hydrogen-bond acceptors (Lipinski definition) is 2. The molecule has 1 atom stereocenters. The van der Waals surface area contributed by atoms with Gasteiger partial charge in [-0.15, -0.1) is 0 Å². The summed E-state index contributed by atoms with van der Waals surface area (Å²) in [5.74, 6) is -0.123. The van der Waals surface area contributed by atoms with E-state index in [4.69, 9.17) is 0 Å². The van der Waals surface area contributed by atoms with Gasteiger partial charge in [-0.1, -0.05) is 36.4 Å². The third-order valence-corrected chi connectivity index (χ3v) is 3.51. The van der Waals surface area contributed by atoms with Crippen LogP contribution in [0.15, 0.2) is 67.0 Å². The molecule has 4 nitrogen and oxygen atoms in total. The van der Waals surface area contributed by atoms with Crippen LogP contribution in [-0.4, -0.2) is 15.3 Å². The molecule has 2 heterocycles. The fourth-order valence-corrected chi connectivity index (χ4v) is 2.32. The molecule has 2 aromatic heterocycles. The minimum absolute atomic E-state index is 0.0273. The lowest BCUT2D eigenvalue weighted by atomic mass is 10.1. The minimum atomic E-state index is -0.123. The molecular weight excluding hydrogens is 274 g/mol. The van der Waals surface area contributed by atoms with Gasteiger partial charge >= 0.3 is 0 Å². The smallest absolute Gasteiger partial charge is 0.244 e. The molecule has 22 heavy (non-hydrogen) atoms. The Morgan fingerprint density at radius 3 is 2.77 bits per heavy atom. The maximum Gasteiger partial charge on any atom is 0.244 e. The molecule has 0 bridgehead atoms. The van der Waals surface area contributed by atoms with Crippen LogP contribution in [0, 0.1) is 0 Å². The molecule has 0 aliphatic carbocycles. The number of pyridine rings is 1. The normalized spacial score (nSPS) is 12.6. The predicted octanol–water partition coefficient (Wildman–Crippen LogP) is 3.22. The molecule has 3 rings (SSSR count). The predicted molar refractivity (Wildman–Crippen MR) is 87.2 cm³/mol. The first kappa shape index (κ1) is 14.1. The zero-order chi connectivity index (χ0) is 15.4. The highest BCUT2D eigenvalue weighted by Gasteiger charge is 2.06. The summed E-state index contributed by atoms with van der Waals surface area (Å²) in [7, 11) is 0. The van der Waals surface area contributed by atoms with Gasteiger partial charge in [0.15, 0.2) is 0 Å². The number of carbonyl (C=O) groups is 1. The maximum absolute atomic E-state index is 12.0. The molecule has 0 saturated heterocycles. The number of rotatable bonds is 4. The second-order valence-electron chi connectivity index (χ2n) is 5.09. The van der Waals surface area contributed by atoms with Crippen molar-refractivity contribution in [1.82, 2.24) is 14.7 Å². The number of hydrogen-bond donors (Lipinski definition) is 1. The summed E-state index contributed by atoms with van der Waals surface area (Å²) >= 11 is 0. The van der Waals surface area contributed by atoms with Crippen LogP contribution in [0.5, 0.6) is 0 Å². The van der Waals surface area contributed by atoms with Crippen LogP contribution in [0.1, 0.15) is 24.2 Å². The van der Waals surface area contributed by atoms with E-state index in [-0.39, 0.29) is 11.9 Å². The molecule has 0 spiro atoms. The molecule has 0 saturated carbocycles. The maximum atomic E-state index is 12.0. The van der Waals surface area contributed by atoms with E-state index in [1.54, 1.807) is 12.3 Å². The Kier molecular flexibility index (Phi) is 4.01. The molecule has 0 fully saturated rings. The van der Waals surface area contributed by atoms with Crippen LogP contribution in [-0.2, 0) is 4.79 Å². The quantitative estimate of drug-likeness (QED) is 0.750. The van der Waals surface area contributed by atoms with Gasteiger partial charge in [0.05, 0.1) is 17.9 Å². The van der Waals surface area contributed by atoms with E-state index >= 15 is 0 Å². The number of amides is 1. The second kappa shape index (κ2) is 6.26. The van der Waals surface area contributed by atoms with Gasteiger partial charge in [0.25, 0.3) is 0 Å². The number of aromatic nitrogens is 2.